The second kappa shape index (κ2) is 5.01. The minimum atomic E-state index is 1.12. The zero-order valence-corrected chi connectivity index (χ0v) is 8.19. The van der Waals surface area contributed by atoms with E-state index in [1.165, 1.54) is 4.54 Å². The van der Waals surface area contributed by atoms with E-state index in [-0.39, 0.29) is 0 Å². The maximum absolute atomic E-state index is 3.07. The van der Waals surface area contributed by atoms with Gasteiger partial charge in [-0.05, 0) is 0 Å². The molecule has 0 fully saturated rings. The first-order valence-corrected chi connectivity index (χ1v) is 4.39. The summed E-state index contributed by atoms with van der Waals surface area (Å²) < 4.78 is 1.38. The molecule has 0 N–H and O–H groups in total. The van der Waals surface area contributed by atoms with Gasteiger partial charge in [-0.15, -0.1) is 0 Å². The minimum absolute atomic E-state index is 1.12. The molecule has 0 saturated heterocycles. The third-order valence-electron chi connectivity index (χ3n) is 1.42. The first kappa shape index (κ1) is 9.19. The molecule has 0 aliphatic carbocycles. The standard InChI is InChI=1S/C7H15NSe/c1-4-7(9)8(5-2)6-3/h4-6H2,1-3H3. The zero-order valence-electron chi connectivity index (χ0n) is 6.48. The molecule has 0 aliphatic heterocycles. The summed E-state index contributed by atoms with van der Waals surface area (Å²) in [6.45, 7) is 8.76. The first-order valence-electron chi connectivity index (χ1n) is 3.54. The predicted octanol–water partition coefficient (Wildman–Crippen LogP) is 1.04. The molecule has 0 amide bonds. The van der Waals surface area contributed by atoms with Gasteiger partial charge in [0.2, 0.25) is 0 Å². The molecule has 0 saturated carbocycles. The van der Waals surface area contributed by atoms with Gasteiger partial charge in [0.25, 0.3) is 0 Å². The van der Waals surface area contributed by atoms with Crippen LogP contribution in [0.2, 0.25) is 0 Å². The molecule has 0 spiro atoms. The fraction of sp³-hybridized carbons (Fsp3) is 0.857. The zero-order chi connectivity index (χ0) is 7.28. The second-order valence-electron chi connectivity index (χ2n) is 1.92. The third kappa shape index (κ3) is 3.02. The van der Waals surface area contributed by atoms with Crippen LogP contribution in [0.15, 0.2) is 0 Å². The third-order valence-corrected chi connectivity index (χ3v) is 2.57. The number of rotatable bonds is 4. The van der Waals surface area contributed by atoms with Gasteiger partial charge < -0.3 is 0 Å². The number of nitrogens with zero attached hydrogens (tertiary/aromatic N) is 1. The van der Waals surface area contributed by atoms with E-state index in [1.807, 2.05) is 0 Å². The Bertz CT molecular complexity index is 86.9. The summed E-state index contributed by atoms with van der Waals surface area (Å²) >= 11 is 3.07. The molecule has 0 rings (SSSR count). The van der Waals surface area contributed by atoms with Crippen LogP contribution in [0.25, 0.3) is 0 Å². The van der Waals surface area contributed by atoms with Crippen LogP contribution in [-0.2, 0) is 0 Å². The summed E-state index contributed by atoms with van der Waals surface area (Å²) in [5.74, 6) is 0. The van der Waals surface area contributed by atoms with Crippen LogP contribution in [0.3, 0.4) is 0 Å². The maximum atomic E-state index is 3.07. The van der Waals surface area contributed by atoms with E-state index in [0.717, 1.165) is 19.5 Å². The first-order chi connectivity index (χ1) is 4.26. The summed E-state index contributed by atoms with van der Waals surface area (Å²) in [5, 5.41) is 0. The Morgan fingerprint density at radius 2 is 1.67 bits per heavy atom. The topological polar surface area (TPSA) is 3.24 Å². The summed E-state index contributed by atoms with van der Waals surface area (Å²) in [6, 6.07) is 0. The van der Waals surface area contributed by atoms with E-state index in [1.54, 1.807) is 0 Å². The van der Waals surface area contributed by atoms with Crippen LogP contribution in [0.5, 0.6) is 0 Å². The molecule has 54 valence electrons. The van der Waals surface area contributed by atoms with Crippen molar-refractivity contribution in [3.05, 3.63) is 0 Å². The van der Waals surface area contributed by atoms with Crippen LogP contribution in [0, 0.1) is 0 Å². The van der Waals surface area contributed by atoms with E-state index in [2.05, 4.69) is 41.2 Å². The fourth-order valence-electron chi connectivity index (χ4n) is 0.800. The van der Waals surface area contributed by atoms with Crippen LogP contribution >= 0.6 is 0 Å². The Labute approximate surface area is 65.8 Å². The van der Waals surface area contributed by atoms with E-state index in [4.69, 9.17) is 0 Å². The normalized spacial score (nSPS) is 9.22. The van der Waals surface area contributed by atoms with Gasteiger partial charge in [-0.2, -0.15) is 0 Å². The van der Waals surface area contributed by atoms with Crippen LogP contribution in [0.4, 0.5) is 0 Å². The van der Waals surface area contributed by atoms with Gasteiger partial charge >= 0.3 is 65.3 Å². The Morgan fingerprint density at radius 1 is 1.22 bits per heavy atom. The molecule has 0 atom stereocenters. The SMILES string of the molecule is CCC(=[Se])N(CC)CC. The van der Waals surface area contributed by atoms with Gasteiger partial charge in [0.05, 0.1) is 0 Å². The van der Waals surface area contributed by atoms with Crippen molar-refractivity contribution in [3.8, 4) is 0 Å². The van der Waals surface area contributed by atoms with Crippen LogP contribution in [-0.4, -0.2) is 38.1 Å². The van der Waals surface area contributed by atoms with E-state index >= 15 is 0 Å². The molecule has 9 heavy (non-hydrogen) atoms. The van der Waals surface area contributed by atoms with Gasteiger partial charge in [0.1, 0.15) is 0 Å². The monoisotopic (exact) mass is 193 g/mol. The quantitative estimate of drug-likeness (QED) is 0.601. The van der Waals surface area contributed by atoms with E-state index in [9.17, 15) is 0 Å². The molecular formula is C7H15NSe. The van der Waals surface area contributed by atoms with Crippen LogP contribution < -0.4 is 0 Å². The van der Waals surface area contributed by atoms with Crippen molar-refractivity contribution in [1.29, 1.82) is 0 Å². The average molecular weight is 192 g/mol. The van der Waals surface area contributed by atoms with Crippen molar-refractivity contribution in [2.24, 2.45) is 0 Å². The van der Waals surface area contributed by atoms with Crippen molar-refractivity contribution >= 4 is 20.1 Å². The van der Waals surface area contributed by atoms with Crippen molar-refractivity contribution in [1.82, 2.24) is 4.90 Å². The molecular weight excluding hydrogens is 177 g/mol. The molecule has 0 aliphatic rings. The number of hydrogen-bond acceptors (Lipinski definition) is 1. The second-order valence-corrected chi connectivity index (χ2v) is 2.91. The Hall–Kier alpha value is 0.189. The van der Waals surface area contributed by atoms with E-state index in [0.29, 0.717) is 0 Å². The molecule has 1 nitrogen and oxygen atoms in total. The van der Waals surface area contributed by atoms with Gasteiger partial charge in [-0.1, -0.05) is 0 Å². The summed E-state index contributed by atoms with van der Waals surface area (Å²) in [7, 11) is 0. The molecule has 0 heterocycles. The molecule has 0 radical (unpaired) electrons. The Morgan fingerprint density at radius 3 is 1.78 bits per heavy atom. The van der Waals surface area contributed by atoms with Crippen molar-refractivity contribution < 1.29 is 0 Å². The van der Waals surface area contributed by atoms with Crippen molar-refractivity contribution in [2.75, 3.05) is 13.1 Å². The number of hydrogen-bond donors (Lipinski definition) is 0. The van der Waals surface area contributed by atoms with Crippen molar-refractivity contribution in [3.63, 3.8) is 0 Å². The molecule has 0 aromatic heterocycles. The van der Waals surface area contributed by atoms with Crippen molar-refractivity contribution in [2.45, 2.75) is 27.2 Å². The average Bonchev–Trinajstić information content (AvgIpc) is 1.90. The Balaban J connectivity index is 3.64. The van der Waals surface area contributed by atoms with E-state index < -0.39 is 0 Å². The van der Waals surface area contributed by atoms with Gasteiger partial charge in [-0.3, -0.25) is 0 Å². The predicted molar refractivity (Wildman–Crippen MR) is 44.0 cm³/mol. The Kier molecular flexibility index (Phi) is 5.12. The van der Waals surface area contributed by atoms with Gasteiger partial charge in [0, 0.05) is 0 Å². The summed E-state index contributed by atoms with van der Waals surface area (Å²) in [4.78, 5) is 2.33. The van der Waals surface area contributed by atoms with Crippen LogP contribution in [0.1, 0.15) is 27.2 Å². The summed E-state index contributed by atoms with van der Waals surface area (Å²) in [6.07, 6.45) is 1.13. The fourth-order valence-corrected chi connectivity index (χ4v) is 1.34. The van der Waals surface area contributed by atoms with Gasteiger partial charge in [-0.25, -0.2) is 0 Å². The molecule has 0 unspecified atom stereocenters. The molecule has 2 heteroatoms. The van der Waals surface area contributed by atoms with Gasteiger partial charge in [0.15, 0.2) is 0 Å². The summed E-state index contributed by atoms with van der Waals surface area (Å²) in [5.41, 5.74) is 0. The molecule has 0 aromatic rings. The molecule has 0 aromatic carbocycles. The molecule has 0 bridgehead atoms.